The highest BCUT2D eigenvalue weighted by Crippen LogP contribution is 2.73. The average molecular weight is 503 g/mol. The summed E-state index contributed by atoms with van der Waals surface area (Å²) in [4.78, 5) is 62.4. The third-order valence-corrected chi connectivity index (χ3v) is 10.5. The van der Waals surface area contributed by atoms with Crippen LogP contribution in [0.2, 0.25) is 0 Å². The van der Waals surface area contributed by atoms with Gasteiger partial charge < -0.3 is 18.9 Å². The Labute approximate surface area is 209 Å². The molecular weight excluding hydrogens is 468 g/mol. The molecule has 12 atom stereocenters. The van der Waals surface area contributed by atoms with Crippen molar-refractivity contribution in [3.8, 4) is 0 Å². The first-order chi connectivity index (χ1) is 17.0. The zero-order valence-corrected chi connectivity index (χ0v) is 21.1. The molecule has 4 bridgehead atoms. The molecule has 196 valence electrons. The molecule has 6 fully saturated rings. The molecule has 0 amide bonds. The predicted molar refractivity (Wildman–Crippen MR) is 120 cm³/mol. The minimum atomic E-state index is -1.52. The Morgan fingerprint density at radius 3 is 2.28 bits per heavy atom. The fourth-order valence-corrected chi connectivity index (χ4v) is 9.16. The molecule has 0 aromatic heterocycles. The highest BCUT2D eigenvalue weighted by Gasteiger charge is 2.70. The van der Waals surface area contributed by atoms with Crippen molar-refractivity contribution in [2.75, 3.05) is 6.61 Å². The second-order valence-corrected chi connectivity index (χ2v) is 12.5. The zero-order valence-electron chi connectivity index (χ0n) is 21.1. The Hall–Kier alpha value is -2.45. The number of carbonyl (C=O) groups is 5. The van der Waals surface area contributed by atoms with Crippen molar-refractivity contribution in [3.63, 3.8) is 0 Å². The molecule has 0 aromatic carbocycles. The SMILES string of the molecule is CC1C(=O)OC(=O)C1C1C(C)C2CC1C1C3CC(CC3C(=O)OC(C)(C)C(=O)OC3CCOC3=O)C21. The molecule has 2 saturated heterocycles. The van der Waals surface area contributed by atoms with Crippen molar-refractivity contribution >= 4 is 29.8 Å². The van der Waals surface area contributed by atoms with Crippen molar-refractivity contribution in [1.29, 1.82) is 0 Å². The van der Waals surface area contributed by atoms with E-state index in [4.69, 9.17) is 18.9 Å². The molecule has 0 aromatic rings. The largest absolute Gasteiger partial charge is 0.463 e. The Morgan fingerprint density at radius 2 is 1.64 bits per heavy atom. The molecule has 9 nitrogen and oxygen atoms in total. The second-order valence-electron chi connectivity index (χ2n) is 12.5. The van der Waals surface area contributed by atoms with E-state index in [9.17, 15) is 24.0 Å². The zero-order chi connectivity index (χ0) is 25.7. The van der Waals surface area contributed by atoms with E-state index in [0.29, 0.717) is 36.0 Å². The molecule has 4 saturated carbocycles. The molecule has 6 aliphatic rings. The maximum Gasteiger partial charge on any atom is 0.350 e. The number of esters is 5. The van der Waals surface area contributed by atoms with Crippen LogP contribution in [0.15, 0.2) is 0 Å². The average Bonchev–Trinajstić information content (AvgIpc) is 3.62. The summed E-state index contributed by atoms with van der Waals surface area (Å²) in [7, 11) is 0. The first-order valence-electron chi connectivity index (χ1n) is 13.4. The standard InChI is InChI=1S/C27H34O9/c1-10-13-9-16(18(10)19-11(2)22(28)35-25(19)31)21-14-7-12(20(13)21)8-15(14)23(29)36-27(3,4)26(32)34-17-5-6-33-24(17)30/h10-21H,5-9H2,1-4H3. The monoisotopic (exact) mass is 502 g/mol. The first kappa shape index (κ1) is 23.9. The molecule has 9 heteroatoms. The van der Waals surface area contributed by atoms with Crippen LogP contribution in [0.4, 0.5) is 0 Å². The van der Waals surface area contributed by atoms with E-state index in [2.05, 4.69) is 6.92 Å². The molecule has 36 heavy (non-hydrogen) atoms. The lowest BCUT2D eigenvalue weighted by Gasteiger charge is -2.45. The van der Waals surface area contributed by atoms with Gasteiger partial charge in [-0.2, -0.15) is 0 Å². The van der Waals surface area contributed by atoms with Gasteiger partial charge in [-0.25, -0.2) is 9.59 Å². The van der Waals surface area contributed by atoms with Gasteiger partial charge >= 0.3 is 29.8 Å². The second kappa shape index (κ2) is 8.02. The van der Waals surface area contributed by atoms with Crippen LogP contribution in [-0.2, 0) is 42.9 Å². The van der Waals surface area contributed by atoms with Crippen molar-refractivity contribution in [3.05, 3.63) is 0 Å². The van der Waals surface area contributed by atoms with Crippen molar-refractivity contribution < 1.29 is 42.9 Å². The summed E-state index contributed by atoms with van der Waals surface area (Å²) in [6, 6.07) is 0. The molecule has 2 aliphatic heterocycles. The first-order valence-corrected chi connectivity index (χ1v) is 13.4. The minimum Gasteiger partial charge on any atom is -0.463 e. The Morgan fingerprint density at radius 1 is 0.889 bits per heavy atom. The molecule has 0 N–H and O–H groups in total. The van der Waals surface area contributed by atoms with Crippen LogP contribution in [0, 0.1) is 65.1 Å². The van der Waals surface area contributed by atoms with Crippen LogP contribution in [0.25, 0.3) is 0 Å². The van der Waals surface area contributed by atoms with Crippen LogP contribution >= 0.6 is 0 Å². The normalized spacial score (nSPS) is 46.6. The number of ether oxygens (including phenoxy) is 4. The van der Waals surface area contributed by atoms with E-state index in [1.165, 1.54) is 13.8 Å². The number of cyclic esters (lactones) is 3. The highest BCUT2D eigenvalue weighted by molar-refractivity contribution is 5.96. The van der Waals surface area contributed by atoms with E-state index in [-0.39, 0.29) is 36.2 Å². The molecule has 4 aliphatic carbocycles. The van der Waals surface area contributed by atoms with Crippen LogP contribution in [0.3, 0.4) is 0 Å². The van der Waals surface area contributed by atoms with E-state index in [0.717, 1.165) is 19.3 Å². The smallest absolute Gasteiger partial charge is 0.350 e. The lowest BCUT2D eigenvalue weighted by Crippen LogP contribution is -2.47. The summed E-state index contributed by atoms with van der Waals surface area (Å²) in [5, 5.41) is 0. The molecule has 0 radical (unpaired) electrons. The van der Waals surface area contributed by atoms with Crippen molar-refractivity contribution in [2.45, 2.75) is 65.1 Å². The summed E-state index contributed by atoms with van der Waals surface area (Å²) < 4.78 is 20.8. The summed E-state index contributed by atoms with van der Waals surface area (Å²) in [5.41, 5.74) is -1.52. The summed E-state index contributed by atoms with van der Waals surface area (Å²) in [6.07, 6.45) is 2.10. The number of rotatable bonds is 5. The maximum absolute atomic E-state index is 13.4. The maximum atomic E-state index is 13.4. The molecule has 0 spiro atoms. The van der Waals surface area contributed by atoms with Crippen LogP contribution in [0.5, 0.6) is 0 Å². The topological polar surface area (TPSA) is 122 Å². The summed E-state index contributed by atoms with van der Waals surface area (Å²) in [6.45, 7) is 7.20. The van der Waals surface area contributed by atoms with Gasteiger partial charge in [-0.05, 0) is 80.5 Å². The number of fused-ring (bicyclic) bond motifs is 9. The van der Waals surface area contributed by atoms with Gasteiger partial charge in [0.1, 0.15) is 0 Å². The van der Waals surface area contributed by atoms with E-state index < -0.39 is 47.4 Å². The van der Waals surface area contributed by atoms with Gasteiger partial charge in [-0.1, -0.05) is 13.8 Å². The Bertz CT molecular complexity index is 1030. The lowest BCUT2D eigenvalue weighted by atomic mass is 9.58. The highest BCUT2D eigenvalue weighted by atomic mass is 16.6. The van der Waals surface area contributed by atoms with Crippen LogP contribution in [0.1, 0.15) is 53.4 Å². The molecule has 2 heterocycles. The Kier molecular flexibility index (Phi) is 5.33. The fourth-order valence-electron chi connectivity index (χ4n) is 9.16. The van der Waals surface area contributed by atoms with Gasteiger partial charge in [0.15, 0.2) is 0 Å². The Balaban J connectivity index is 1.16. The van der Waals surface area contributed by atoms with E-state index >= 15 is 0 Å². The van der Waals surface area contributed by atoms with Gasteiger partial charge in [-0.3, -0.25) is 14.4 Å². The van der Waals surface area contributed by atoms with Gasteiger partial charge in [0, 0.05) is 6.42 Å². The van der Waals surface area contributed by atoms with Crippen LogP contribution < -0.4 is 0 Å². The quantitative estimate of drug-likeness (QED) is 0.241. The predicted octanol–water partition coefficient (Wildman–Crippen LogP) is 2.29. The van der Waals surface area contributed by atoms with Crippen LogP contribution in [-0.4, -0.2) is 48.2 Å². The number of hydrogen-bond donors (Lipinski definition) is 0. The molecule has 6 rings (SSSR count). The third kappa shape index (κ3) is 3.29. The number of hydrogen-bond acceptors (Lipinski definition) is 9. The van der Waals surface area contributed by atoms with Gasteiger partial charge in [0.2, 0.25) is 11.7 Å². The lowest BCUT2D eigenvalue weighted by molar-refractivity contribution is -0.187. The third-order valence-electron chi connectivity index (χ3n) is 10.5. The van der Waals surface area contributed by atoms with Crippen molar-refractivity contribution in [2.24, 2.45) is 65.1 Å². The van der Waals surface area contributed by atoms with Gasteiger partial charge in [0.05, 0.1) is 24.4 Å². The summed E-state index contributed by atoms with van der Waals surface area (Å²) in [5.74, 6) is -0.967. The number of carbonyl (C=O) groups excluding carboxylic acids is 5. The van der Waals surface area contributed by atoms with E-state index in [1.54, 1.807) is 6.92 Å². The van der Waals surface area contributed by atoms with E-state index in [1.807, 2.05) is 0 Å². The molecular formula is C27H34O9. The fraction of sp³-hybridized carbons (Fsp3) is 0.815. The van der Waals surface area contributed by atoms with Gasteiger partial charge in [0.25, 0.3) is 0 Å². The van der Waals surface area contributed by atoms with Gasteiger partial charge in [-0.15, -0.1) is 0 Å². The van der Waals surface area contributed by atoms with Crippen molar-refractivity contribution in [1.82, 2.24) is 0 Å². The molecule has 12 unspecified atom stereocenters. The minimum absolute atomic E-state index is 0.0961. The summed E-state index contributed by atoms with van der Waals surface area (Å²) >= 11 is 0.